The van der Waals surface area contributed by atoms with Crippen LogP contribution < -0.4 is 25.4 Å². The van der Waals surface area contributed by atoms with Crippen LogP contribution in [0.25, 0.3) is 22.3 Å². The maximum Gasteiger partial charge on any atom is 0.412 e. The minimum atomic E-state index is -4.25. The molecule has 2 saturated heterocycles. The highest BCUT2D eigenvalue weighted by Crippen LogP contribution is 2.52. The van der Waals surface area contributed by atoms with Gasteiger partial charge in [-0.05, 0) is 63.5 Å². The number of pyridine rings is 1. The number of aliphatic carboxylic acids is 1. The van der Waals surface area contributed by atoms with Gasteiger partial charge in [0.05, 0.1) is 28.1 Å². The van der Waals surface area contributed by atoms with Gasteiger partial charge in [0.2, 0.25) is 5.91 Å². The van der Waals surface area contributed by atoms with Gasteiger partial charge < -0.3 is 30.0 Å². The van der Waals surface area contributed by atoms with Crippen molar-refractivity contribution in [2.45, 2.75) is 109 Å². The first-order chi connectivity index (χ1) is 32.1. The molecule has 17 nitrogen and oxygen atoms in total. The lowest BCUT2D eigenvalue weighted by Gasteiger charge is -2.34. The summed E-state index contributed by atoms with van der Waals surface area (Å²) in [7, 11) is 0. The number of hydrogen-bond donors (Lipinski definition) is 4. The second-order valence-corrected chi connectivity index (χ2v) is 21.3. The molecule has 8 rings (SSSR count). The van der Waals surface area contributed by atoms with Crippen LogP contribution in [0.2, 0.25) is 5.02 Å². The van der Waals surface area contributed by atoms with Crippen LogP contribution in [0.4, 0.5) is 23.1 Å². The molecule has 370 valence electrons. The summed E-state index contributed by atoms with van der Waals surface area (Å²) < 4.78 is 57.5. The Morgan fingerprint density at radius 3 is 2.37 bits per heavy atom. The number of carbonyl (C=O) groups excluding carboxylic acids is 2. The number of hydrogen-bond acceptors (Lipinski definition) is 13. The number of alkyl halides is 3. The van der Waals surface area contributed by atoms with Crippen molar-refractivity contribution >= 4 is 56.9 Å². The van der Waals surface area contributed by atoms with Crippen molar-refractivity contribution in [1.82, 2.24) is 35.4 Å². The fraction of sp³-hybridized carbons (Fsp3) is 0.630. The number of rotatable bonds is 18. The van der Waals surface area contributed by atoms with Crippen LogP contribution in [0.15, 0.2) is 36.2 Å². The third-order valence-electron chi connectivity index (χ3n) is 13.4. The van der Waals surface area contributed by atoms with E-state index >= 15 is 0 Å². The van der Waals surface area contributed by atoms with E-state index in [0.717, 1.165) is 19.3 Å². The number of fused-ring (bicyclic) bond motifs is 2. The van der Waals surface area contributed by atoms with E-state index in [4.69, 9.17) is 35.8 Å². The van der Waals surface area contributed by atoms with Crippen LogP contribution in [0.5, 0.6) is 11.5 Å². The average Bonchev–Trinajstić information content (AvgIpc) is 3.93. The summed E-state index contributed by atoms with van der Waals surface area (Å²) in [5.74, 6) is -0.677. The Labute approximate surface area is 401 Å². The number of hydrazine groups is 1. The molecule has 68 heavy (non-hydrogen) atoms. The van der Waals surface area contributed by atoms with Crippen LogP contribution in [-0.4, -0.2) is 147 Å². The zero-order chi connectivity index (χ0) is 48.9. The van der Waals surface area contributed by atoms with Gasteiger partial charge >= 0.3 is 24.4 Å². The number of carboxylic acids is 1. The highest BCUT2D eigenvalue weighted by Gasteiger charge is 2.62. The number of halogens is 4. The van der Waals surface area contributed by atoms with Crippen molar-refractivity contribution in [2.24, 2.45) is 23.2 Å². The molecule has 2 aliphatic heterocycles. The van der Waals surface area contributed by atoms with E-state index in [1.54, 1.807) is 39.0 Å². The number of carboxylic acid groups (broad SMARTS) is 1. The number of nitrogens with zero attached hydrogens (tertiary/aromatic N) is 6. The van der Waals surface area contributed by atoms with E-state index in [-0.39, 0.29) is 56.3 Å². The number of nitroso groups, excluding NO2 is 1. The van der Waals surface area contributed by atoms with E-state index in [2.05, 4.69) is 22.5 Å². The lowest BCUT2D eigenvalue weighted by atomic mass is 9.92. The summed E-state index contributed by atoms with van der Waals surface area (Å²) in [6, 6.07) is 4.00. The number of carbonyl (C=O) groups is 3. The quantitative estimate of drug-likeness (QED) is 0.0582. The first-order valence-corrected chi connectivity index (χ1v) is 24.4. The summed E-state index contributed by atoms with van der Waals surface area (Å²) in [5.41, 5.74) is -1.20. The van der Waals surface area contributed by atoms with Gasteiger partial charge in [-0.2, -0.15) is 13.2 Å². The monoisotopic (exact) mass is 990 g/mol. The molecule has 4 heterocycles. The number of alkyl carbamates (subject to hydrolysis) is 1. The number of benzene rings is 1. The van der Waals surface area contributed by atoms with E-state index in [1.165, 1.54) is 27.3 Å². The Morgan fingerprint density at radius 2 is 1.74 bits per heavy atom. The van der Waals surface area contributed by atoms with Crippen molar-refractivity contribution in [2.75, 3.05) is 57.7 Å². The Hall–Kier alpha value is -4.99. The van der Waals surface area contributed by atoms with Crippen molar-refractivity contribution in [1.29, 1.82) is 0 Å². The molecular formula is C46H60ClF3N9O8S+. The summed E-state index contributed by atoms with van der Waals surface area (Å²) in [4.78, 5) is 68.6. The number of aromatic nitrogens is 2. The zero-order valence-electron chi connectivity index (χ0n) is 38.8. The fourth-order valence-corrected chi connectivity index (χ4v) is 10.7. The summed E-state index contributed by atoms with van der Waals surface area (Å²) >= 11 is 8.47. The molecule has 22 heteroatoms. The van der Waals surface area contributed by atoms with Crippen LogP contribution in [0, 0.1) is 28.1 Å². The van der Waals surface area contributed by atoms with Crippen molar-refractivity contribution in [3.05, 3.63) is 46.2 Å². The minimum Gasteiger partial charge on any atom is -0.491 e. The van der Waals surface area contributed by atoms with Gasteiger partial charge in [0.25, 0.3) is 0 Å². The maximum absolute atomic E-state index is 14.7. The molecule has 3 saturated carbocycles. The van der Waals surface area contributed by atoms with E-state index in [1.807, 2.05) is 24.1 Å². The largest absolute Gasteiger partial charge is 0.491 e. The number of nitrogens with one attached hydrogen (secondary N) is 3. The lowest BCUT2D eigenvalue weighted by molar-refractivity contribution is -0.748. The first-order valence-electron chi connectivity index (χ1n) is 23.2. The molecule has 3 unspecified atom stereocenters. The van der Waals surface area contributed by atoms with Crippen LogP contribution in [0.3, 0.4) is 0 Å². The number of thiazole rings is 1. The number of ether oxygens (including phenoxy) is 3. The summed E-state index contributed by atoms with van der Waals surface area (Å²) in [6.45, 7) is 14.1. The van der Waals surface area contributed by atoms with Gasteiger partial charge in [0.15, 0.2) is 11.2 Å². The van der Waals surface area contributed by atoms with Gasteiger partial charge in [-0.15, -0.1) is 22.9 Å². The molecule has 1 aromatic carbocycles. The molecular weight excluding hydrogens is 931 g/mol. The molecule has 0 radical (unpaired) electrons. The molecule has 2 aromatic heterocycles. The number of amides is 2. The average molecular weight is 992 g/mol. The lowest BCUT2D eigenvalue weighted by Crippen LogP contribution is -2.60. The second-order valence-electron chi connectivity index (χ2n) is 20.1. The molecule has 3 aromatic rings. The summed E-state index contributed by atoms with van der Waals surface area (Å²) in [6.07, 6.45) is -3.02. The van der Waals surface area contributed by atoms with E-state index in [0.29, 0.717) is 75.3 Å². The number of anilines is 1. The predicted octanol–water partition coefficient (Wildman–Crippen LogP) is 6.95. The van der Waals surface area contributed by atoms with Gasteiger partial charge in [-0.3, -0.25) is 19.9 Å². The summed E-state index contributed by atoms with van der Waals surface area (Å²) in [5, 5.41) is 23.4. The van der Waals surface area contributed by atoms with E-state index in [9.17, 15) is 37.6 Å². The highest BCUT2D eigenvalue weighted by atomic mass is 35.5. The van der Waals surface area contributed by atoms with Crippen molar-refractivity contribution in [3.8, 4) is 22.9 Å². The maximum atomic E-state index is 14.7. The molecule has 5 aliphatic rings. The number of piperazine rings is 1. The Balaban J connectivity index is 1.06. The molecule has 5 fully saturated rings. The first kappa shape index (κ1) is 49.4. The zero-order valence-corrected chi connectivity index (χ0v) is 40.4. The Kier molecular flexibility index (Phi) is 14.1. The smallest absolute Gasteiger partial charge is 0.412 e. The van der Waals surface area contributed by atoms with E-state index < -0.39 is 65.9 Å². The fourth-order valence-electron chi connectivity index (χ4n) is 9.59. The Morgan fingerprint density at radius 1 is 1.03 bits per heavy atom. The van der Waals surface area contributed by atoms with Gasteiger partial charge in [-0.1, -0.05) is 38.4 Å². The SMILES string of the molecule is C=C[C@@H]1CC1(NC(=O)[C@@H]1CC(Oc2cc(-c3csc(NC(C)C)n3)nc3c(Cl)c(OCCN4CCN(CC(F)(F)F)CC4)ccc23)CN1[N+](=O)[C@@H](NC(=O)OC1C[C@@H]2C[C@@H]2C1)C(C)(C)C)C(=O)O. The van der Waals surface area contributed by atoms with Gasteiger partial charge in [0.1, 0.15) is 58.0 Å². The molecule has 0 bridgehead atoms. The molecule has 8 atom stereocenters. The third-order valence-corrected chi connectivity index (χ3v) is 14.6. The highest BCUT2D eigenvalue weighted by molar-refractivity contribution is 7.14. The normalized spacial score (nSPS) is 26.5. The molecule has 0 spiro atoms. The standard InChI is InChI=1S/C46H59ClF3N9O8S/c1-7-28-21-45(28,41(61)62)55-39(60)34-19-30(22-58(34)59(64)40(44(4,5)6)54-43(63)67-29-17-26-16-27(26)18-29)66-36-20-32(33-23-68-42(53-33)51-25(2)3)52-38-31(36)8-9-35(37(38)47)65-15-14-56-10-12-57(13-11-56)24-46(48,49)50/h7-9,20,23,25-30,34,40H,1,10-19,21-22,24H2,2-6H3,(H3-,51,53,54,55,60,61,62,63)/p+1/t26-,27+,28-,29?,30?,34+,40-,45?/m1/s1. The van der Waals surface area contributed by atoms with Gasteiger partial charge in [-0.25, -0.2) is 19.6 Å². The molecule has 3 aliphatic carbocycles. The van der Waals surface area contributed by atoms with Crippen molar-refractivity contribution < 1.29 is 51.7 Å². The second kappa shape index (κ2) is 19.4. The van der Waals surface area contributed by atoms with Crippen LogP contribution >= 0.6 is 22.9 Å². The van der Waals surface area contributed by atoms with Crippen LogP contribution in [-0.2, 0) is 14.3 Å². The molecule has 4 N–H and O–H groups in total. The van der Waals surface area contributed by atoms with Crippen LogP contribution in [0.1, 0.15) is 66.7 Å². The minimum absolute atomic E-state index is 0.0527. The Bertz CT molecular complexity index is 2400. The van der Waals surface area contributed by atoms with Crippen molar-refractivity contribution in [3.63, 3.8) is 0 Å². The van der Waals surface area contributed by atoms with Gasteiger partial charge in [0, 0.05) is 67.9 Å². The third kappa shape index (κ3) is 11.2. The molecule has 2 amide bonds. The topological polar surface area (TPSA) is 191 Å². The predicted molar refractivity (Wildman–Crippen MR) is 248 cm³/mol.